The number of benzene rings is 2. The molecule has 3 N–H and O–H groups in total. The number of rotatable bonds is 8. The zero-order valence-corrected chi connectivity index (χ0v) is 18.0. The molecule has 1 fully saturated rings. The molecule has 1 aliphatic heterocycles. The normalized spacial score (nSPS) is 17.2. The van der Waals surface area contributed by atoms with Crippen LogP contribution in [0.25, 0.3) is 0 Å². The van der Waals surface area contributed by atoms with E-state index in [4.69, 9.17) is 10.7 Å². The van der Waals surface area contributed by atoms with Gasteiger partial charge in [0.05, 0.1) is 0 Å². The zero-order valence-electron chi connectivity index (χ0n) is 18.0. The van der Waals surface area contributed by atoms with Gasteiger partial charge in [-0.1, -0.05) is 60.7 Å². The first-order valence-electron chi connectivity index (χ1n) is 11.1. The SMILES string of the molecule is CCNC(=NCCC(c1ccccc1)c1ccccc1)N1CCCC(CC(N)=O)C1. The van der Waals surface area contributed by atoms with Crippen molar-refractivity contribution in [3.8, 4) is 0 Å². The summed E-state index contributed by atoms with van der Waals surface area (Å²) in [6.07, 6.45) is 3.53. The molecule has 0 spiro atoms. The first-order chi connectivity index (χ1) is 14.7. The smallest absolute Gasteiger partial charge is 0.217 e. The lowest BCUT2D eigenvalue weighted by molar-refractivity contribution is -0.119. The maximum absolute atomic E-state index is 11.3. The molecular formula is C25H34N4O. The van der Waals surface area contributed by atoms with E-state index >= 15 is 0 Å². The molecule has 5 nitrogen and oxygen atoms in total. The van der Waals surface area contributed by atoms with Gasteiger partial charge in [0, 0.05) is 38.5 Å². The number of guanidine groups is 1. The molecule has 0 aromatic heterocycles. The fourth-order valence-corrected chi connectivity index (χ4v) is 4.33. The van der Waals surface area contributed by atoms with E-state index in [9.17, 15) is 4.79 Å². The Balaban J connectivity index is 1.70. The van der Waals surface area contributed by atoms with Gasteiger partial charge in [-0.05, 0) is 43.2 Å². The molecule has 3 rings (SSSR count). The average molecular weight is 407 g/mol. The van der Waals surface area contributed by atoms with Crippen LogP contribution in [0, 0.1) is 5.92 Å². The summed E-state index contributed by atoms with van der Waals surface area (Å²) in [6.45, 7) is 5.49. The maximum Gasteiger partial charge on any atom is 0.217 e. The Kier molecular flexibility index (Phi) is 8.30. The molecule has 1 amide bonds. The number of hydrogen-bond donors (Lipinski definition) is 2. The van der Waals surface area contributed by atoms with E-state index in [1.165, 1.54) is 11.1 Å². The highest BCUT2D eigenvalue weighted by atomic mass is 16.1. The Bertz CT molecular complexity index is 767. The van der Waals surface area contributed by atoms with Crippen molar-refractivity contribution in [2.24, 2.45) is 16.6 Å². The van der Waals surface area contributed by atoms with Gasteiger partial charge >= 0.3 is 0 Å². The molecule has 5 heteroatoms. The van der Waals surface area contributed by atoms with Gasteiger partial charge in [-0.2, -0.15) is 0 Å². The molecule has 2 aromatic rings. The summed E-state index contributed by atoms with van der Waals surface area (Å²) in [5, 5.41) is 3.44. The van der Waals surface area contributed by atoms with Crippen molar-refractivity contribution in [2.75, 3.05) is 26.2 Å². The Hall–Kier alpha value is -2.82. The molecular weight excluding hydrogens is 372 g/mol. The molecule has 2 aromatic carbocycles. The van der Waals surface area contributed by atoms with E-state index in [-0.39, 0.29) is 5.91 Å². The average Bonchev–Trinajstić information content (AvgIpc) is 2.77. The first kappa shape index (κ1) is 21.9. The van der Waals surface area contributed by atoms with Crippen LogP contribution in [0.5, 0.6) is 0 Å². The predicted octanol–water partition coefficient (Wildman–Crippen LogP) is 3.76. The summed E-state index contributed by atoms with van der Waals surface area (Å²) in [5.41, 5.74) is 8.07. The third-order valence-corrected chi connectivity index (χ3v) is 5.73. The van der Waals surface area contributed by atoms with Gasteiger partial charge in [0.2, 0.25) is 5.91 Å². The van der Waals surface area contributed by atoms with Crippen molar-refractivity contribution in [3.63, 3.8) is 0 Å². The second-order valence-corrected chi connectivity index (χ2v) is 8.02. The Morgan fingerprint density at radius 3 is 2.33 bits per heavy atom. The number of primary amides is 1. The van der Waals surface area contributed by atoms with Crippen molar-refractivity contribution < 1.29 is 4.79 Å². The minimum atomic E-state index is -0.211. The largest absolute Gasteiger partial charge is 0.370 e. The van der Waals surface area contributed by atoms with E-state index in [2.05, 4.69) is 77.8 Å². The van der Waals surface area contributed by atoms with Crippen molar-refractivity contribution in [3.05, 3.63) is 71.8 Å². The lowest BCUT2D eigenvalue weighted by atomic mass is 9.89. The fourth-order valence-electron chi connectivity index (χ4n) is 4.33. The van der Waals surface area contributed by atoms with Crippen LogP contribution in [0.4, 0.5) is 0 Å². The number of nitrogens with one attached hydrogen (secondary N) is 1. The summed E-state index contributed by atoms with van der Waals surface area (Å²) < 4.78 is 0. The third kappa shape index (κ3) is 6.34. The molecule has 0 saturated carbocycles. The Morgan fingerprint density at radius 2 is 1.77 bits per heavy atom. The number of likely N-dealkylation sites (tertiary alicyclic amines) is 1. The molecule has 1 heterocycles. The highest BCUT2D eigenvalue weighted by Crippen LogP contribution is 2.28. The van der Waals surface area contributed by atoms with Crippen LogP contribution in [-0.2, 0) is 4.79 Å². The molecule has 1 aliphatic rings. The Morgan fingerprint density at radius 1 is 1.13 bits per heavy atom. The van der Waals surface area contributed by atoms with Gasteiger partial charge in [0.15, 0.2) is 5.96 Å². The quantitative estimate of drug-likeness (QED) is 0.518. The highest BCUT2D eigenvalue weighted by Gasteiger charge is 2.23. The van der Waals surface area contributed by atoms with E-state index in [1.807, 2.05) is 0 Å². The zero-order chi connectivity index (χ0) is 21.2. The van der Waals surface area contributed by atoms with Gasteiger partial charge in [-0.15, -0.1) is 0 Å². The van der Waals surface area contributed by atoms with Crippen LogP contribution < -0.4 is 11.1 Å². The van der Waals surface area contributed by atoms with Crippen molar-refractivity contribution in [2.45, 2.75) is 38.5 Å². The van der Waals surface area contributed by atoms with E-state index in [1.54, 1.807) is 0 Å². The van der Waals surface area contributed by atoms with Crippen LogP contribution in [0.1, 0.15) is 49.7 Å². The minimum Gasteiger partial charge on any atom is -0.370 e. The van der Waals surface area contributed by atoms with Crippen molar-refractivity contribution >= 4 is 11.9 Å². The van der Waals surface area contributed by atoms with Gasteiger partial charge in [-0.25, -0.2) is 0 Å². The fraction of sp³-hybridized carbons (Fsp3) is 0.440. The number of carbonyl (C=O) groups is 1. The van der Waals surface area contributed by atoms with Crippen LogP contribution in [0.15, 0.2) is 65.7 Å². The van der Waals surface area contributed by atoms with Crippen LogP contribution in [0.2, 0.25) is 0 Å². The minimum absolute atomic E-state index is 0.211. The summed E-state index contributed by atoms with van der Waals surface area (Å²) >= 11 is 0. The summed E-state index contributed by atoms with van der Waals surface area (Å²) in [4.78, 5) is 18.6. The van der Waals surface area contributed by atoms with Gasteiger partial charge in [-0.3, -0.25) is 9.79 Å². The second-order valence-electron chi connectivity index (χ2n) is 8.02. The Labute approximate surface area is 180 Å². The monoisotopic (exact) mass is 406 g/mol. The van der Waals surface area contributed by atoms with Crippen LogP contribution in [0.3, 0.4) is 0 Å². The topological polar surface area (TPSA) is 70.7 Å². The number of hydrogen-bond acceptors (Lipinski definition) is 2. The van der Waals surface area contributed by atoms with Crippen molar-refractivity contribution in [1.82, 2.24) is 10.2 Å². The molecule has 30 heavy (non-hydrogen) atoms. The number of amides is 1. The van der Waals surface area contributed by atoms with E-state index < -0.39 is 0 Å². The van der Waals surface area contributed by atoms with E-state index in [0.717, 1.165) is 51.4 Å². The molecule has 1 atom stereocenters. The van der Waals surface area contributed by atoms with E-state index in [0.29, 0.717) is 18.3 Å². The van der Waals surface area contributed by atoms with Gasteiger partial charge in [0.1, 0.15) is 0 Å². The van der Waals surface area contributed by atoms with Crippen molar-refractivity contribution in [1.29, 1.82) is 0 Å². The number of nitrogens with zero attached hydrogens (tertiary/aromatic N) is 2. The number of nitrogens with two attached hydrogens (primary N) is 1. The van der Waals surface area contributed by atoms with Gasteiger partial charge in [0.25, 0.3) is 0 Å². The molecule has 0 bridgehead atoms. The predicted molar refractivity (Wildman–Crippen MR) is 123 cm³/mol. The summed E-state index contributed by atoms with van der Waals surface area (Å²) in [5.74, 6) is 1.38. The summed E-state index contributed by atoms with van der Waals surface area (Å²) in [7, 11) is 0. The third-order valence-electron chi connectivity index (χ3n) is 5.73. The molecule has 1 unspecified atom stereocenters. The lowest BCUT2D eigenvalue weighted by Crippen LogP contribution is -2.47. The standard InChI is InChI=1S/C25H34N4O/c1-2-27-25(29-17-9-10-20(19-29)18-24(26)30)28-16-15-23(21-11-5-3-6-12-21)22-13-7-4-8-14-22/h3-8,11-14,20,23H,2,9-10,15-19H2,1H3,(H2,26,30)(H,27,28). The highest BCUT2D eigenvalue weighted by molar-refractivity contribution is 5.80. The number of carbonyl (C=O) groups excluding carboxylic acids is 1. The molecule has 160 valence electrons. The molecule has 0 radical (unpaired) electrons. The van der Waals surface area contributed by atoms with Crippen LogP contribution >= 0.6 is 0 Å². The van der Waals surface area contributed by atoms with Gasteiger partial charge < -0.3 is 16.0 Å². The second kappa shape index (κ2) is 11.4. The maximum atomic E-state index is 11.3. The number of piperidine rings is 1. The molecule has 0 aliphatic carbocycles. The lowest BCUT2D eigenvalue weighted by Gasteiger charge is -2.34. The summed E-state index contributed by atoms with van der Waals surface area (Å²) in [6, 6.07) is 21.3. The molecule has 1 saturated heterocycles. The van der Waals surface area contributed by atoms with Crippen LogP contribution in [-0.4, -0.2) is 42.9 Å². The first-order valence-corrected chi connectivity index (χ1v) is 11.1. The number of aliphatic imine (C=N–C) groups is 1.